The third-order valence-corrected chi connectivity index (χ3v) is 11.7. The highest BCUT2D eigenvalue weighted by atomic mass is 16.5. The Kier molecular flexibility index (Phi) is 13.1. The predicted molar refractivity (Wildman–Crippen MR) is 230 cm³/mol. The monoisotopic (exact) mass is 781 g/mol. The summed E-state index contributed by atoms with van der Waals surface area (Å²) in [4.78, 5) is 13.6. The normalized spacial score (nSPS) is 20.8. The highest BCUT2D eigenvalue weighted by Gasteiger charge is 2.27. The first kappa shape index (κ1) is 40.5. The minimum absolute atomic E-state index is 0.0331. The van der Waals surface area contributed by atoms with Crippen LogP contribution in [0.25, 0.3) is 16.8 Å². The minimum Gasteiger partial charge on any atom is -0.508 e. The summed E-state index contributed by atoms with van der Waals surface area (Å²) in [5.74, 6) is 5.18. The van der Waals surface area contributed by atoms with E-state index in [1.807, 2.05) is 42.5 Å². The number of benzene rings is 4. The Hall–Kier alpha value is -5.65. The molecule has 0 fully saturated rings. The van der Waals surface area contributed by atoms with Gasteiger partial charge in [-0.25, -0.2) is 0 Å². The quantitative estimate of drug-likeness (QED) is 0.0878. The number of methoxy groups -OCH3 is 1. The second-order valence-corrected chi connectivity index (χ2v) is 16.1. The van der Waals surface area contributed by atoms with Crippen LogP contribution in [0.5, 0.6) is 17.2 Å². The summed E-state index contributed by atoms with van der Waals surface area (Å²) in [5, 5.41) is 36.9. The van der Waals surface area contributed by atoms with Crippen LogP contribution >= 0.6 is 0 Å². The largest absolute Gasteiger partial charge is 0.508 e. The Balaban J connectivity index is 1.11. The summed E-state index contributed by atoms with van der Waals surface area (Å²) < 4.78 is 18.3. The van der Waals surface area contributed by atoms with Gasteiger partial charge in [0.15, 0.2) is 11.5 Å². The average Bonchev–Trinajstić information content (AvgIpc) is 3.21. The highest BCUT2D eigenvalue weighted by Crippen LogP contribution is 2.42. The molecule has 302 valence electrons. The molecule has 6 bridgehead atoms. The number of allylic oxidation sites excluding steroid dienone is 4. The predicted octanol–water partition coefficient (Wildman–Crippen LogP) is 9.90. The van der Waals surface area contributed by atoms with E-state index in [4.69, 9.17) is 14.2 Å². The van der Waals surface area contributed by atoms with E-state index in [0.29, 0.717) is 43.9 Å². The zero-order valence-electron chi connectivity index (χ0n) is 33.8. The Morgan fingerprint density at radius 3 is 2.72 bits per heavy atom. The number of Topliss-reactive ketones (excluding diaryl/α,β-unsaturated/α-hetero) is 1. The molecule has 4 N–H and O–H groups in total. The van der Waals surface area contributed by atoms with E-state index in [9.17, 15) is 20.1 Å². The number of aryl methyl sites for hydroxylation is 2. The zero-order chi connectivity index (χ0) is 40.6. The van der Waals surface area contributed by atoms with Crippen molar-refractivity contribution >= 4 is 28.3 Å². The molecular formula is C50H55NO7. The molecule has 0 saturated heterocycles. The van der Waals surface area contributed by atoms with Crippen molar-refractivity contribution < 1.29 is 34.3 Å². The molecule has 4 aromatic carbocycles. The maximum absolute atomic E-state index is 13.6. The number of hydrogen-bond acceptors (Lipinski definition) is 8. The maximum Gasteiger partial charge on any atom is 0.161 e. The number of aliphatic hydroxyl groups excluding tert-OH is 2. The number of carbonyl (C=O) groups is 1. The van der Waals surface area contributed by atoms with E-state index < -0.39 is 12.2 Å². The summed E-state index contributed by atoms with van der Waals surface area (Å²) >= 11 is 0. The number of rotatable bonds is 11. The lowest BCUT2D eigenvalue weighted by molar-refractivity contribution is -0.121. The molecule has 8 rings (SSSR count). The molecule has 5 unspecified atom stereocenters. The van der Waals surface area contributed by atoms with E-state index in [0.717, 1.165) is 70.0 Å². The van der Waals surface area contributed by atoms with Crippen LogP contribution in [-0.4, -0.2) is 47.0 Å². The first-order valence-electron chi connectivity index (χ1n) is 20.7. The van der Waals surface area contributed by atoms with E-state index in [-0.39, 0.29) is 47.9 Å². The molecule has 0 amide bonds. The van der Waals surface area contributed by atoms with Crippen molar-refractivity contribution in [1.82, 2.24) is 0 Å². The fourth-order valence-electron chi connectivity index (χ4n) is 8.51. The standard InChI is InChI=1S/C50H55NO7/c1-32-13-20-43-37-17-21-45-44(47(55)29-46(32)50(43)45)12-7-23-57-42(28-41(54)18-14-35-15-22-48(56-3)49(25-35)58-31-37)27-38-26-40(53)19-16-36(38)10-5-4-8-34-9-6-11-39(24-34)51-30-33(2)52/h6,9,11,13,15-17,19-22,24-26,29,32-33,36,38,42,51-53,55H,4-5,8,10,12,14,18,27-28,30-31H2,1-3H3. The van der Waals surface area contributed by atoms with E-state index in [1.165, 1.54) is 5.56 Å². The van der Waals surface area contributed by atoms with Gasteiger partial charge in [-0.3, -0.25) is 4.79 Å². The number of unbranched alkanes of at least 4 members (excludes halogenated alkanes) is 1. The summed E-state index contributed by atoms with van der Waals surface area (Å²) in [6, 6.07) is 20.1. The maximum atomic E-state index is 13.6. The molecule has 4 aliphatic rings. The van der Waals surface area contributed by atoms with Crippen molar-refractivity contribution in [1.29, 1.82) is 0 Å². The van der Waals surface area contributed by atoms with Crippen molar-refractivity contribution in [2.24, 2.45) is 11.8 Å². The number of ether oxygens (including phenoxy) is 3. The molecule has 58 heavy (non-hydrogen) atoms. The van der Waals surface area contributed by atoms with E-state index in [2.05, 4.69) is 66.8 Å². The molecular weight excluding hydrogens is 727 g/mol. The lowest BCUT2D eigenvalue weighted by atomic mass is 9.80. The first-order valence-corrected chi connectivity index (χ1v) is 20.7. The number of aromatic hydroxyl groups is 1. The summed E-state index contributed by atoms with van der Waals surface area (Å²) in [6.07, 6.45) is 17.8. The van der Waals surface area contributed by atoms with Crippen LogP contribution in [0.15, 0.2) is 90.7 Å². The number of aliphatic hydroxyl groups is 2. The van der Waals surface area contributed by atoms with Gasteiger partial charge in [0.25, 0.3) is 0 Å². The van der Waals surface area contributed by atoms with Crippen LogP contribution in [0, 0.1) is 23.9 Å². The minimum atomic E-state index is -0.491. The van der Waals surface area contributed by atoms with Crippen LogP contribution in [0.3, 0.4) is 0 Å². The lowest BCUT2D eigenvalue weighted by Gasteiger charge is -2.28. The van der Waals surface area contributed by atoms with Crippen LogP contribution in [0.4, 0.5) is 5.69 Å². The molecule has 2 aliphatic heterocycles. The topological polar surface area (TPSA) is 117 Å². The van der Waals surface area contributed by atoms with Gasteiger partial charge in [-0.15, -0.1) is 0 Å². The molecule has 4 aromatic rings. The number of nitrogens with one attached hydrogen (secondary N) is 1. The number of carbonyl (C=O) groups excluding carboxylic acids is 1. The van der Waals surface area contributed by atoms with Crippen LogP contribution < -0.4 is 14.8 Å². The Labute approximate surface area is 342 Å². The molecule has 0 aromatic heterocycles. The summed E-state index contributed by atoms with van der Waals surface area (Å²) in [5.41, 5.74) is 7.12. The third-order valence-electron chi connectivity index (χ3n) is 11.7. The molecule has 8 heteroatoms. The summed E-state index contributed by atoms with van der Waals surface area (Å²) in [7, 11) is 1.63. The molecule has 2 heterocycles. The fraction of sp³-hybridized carbons (Fsp3) is 0.380. The van der Waals surface area contributed by atoms with Gasteiger partial charge in [0, 0.05) is 43.0 Å². The molecule has 0 radical (unpaired) electrons. The number of phenolic OH excluding ortho intramolecular Hbond substituents is 1. The van der Waals surface area contributed by atoms with Crippen molar-refractivity contribution in [3.05, 3.63) is 124 Å². The molecule has 0 spiro atoms. The smallest absolute Gasteiger partial charge is 0.161 e. The van der Waals surface area contributed by atoms with Gasteiger partial charge in [-0.2, -0.15) is 0 Å². The number of phenols is 1. The van der Waals surface area contributed by atoms with Crippen molar-refractivity contribution in [3.63, 3.8) is 0 Å². The van der Waals surface area contributed by atoms with E-state index in [1.54, 1.807) is 20.1 Å². The average molecular weight is 782 g/mol. The van der Waals surface area contributed by atoms with Crippen LogP contribution in [0.1, 0.15) is 91.7 Å². The van der Waals surface area contributed by atoms with Gasteiger partial charge in [0.05, 0.1) is 13.2 Å². The second-order valence-electron chi connectivity index (χ2n) is 16.1. The van der Waals surface area contributed by atoms with Gasteiger partial charge >= 0.3 is 0 Å². The van der Waals surface area contributed by atoms with Gasteiger partial charge in [0.1, 0.15) is 36.1 Å². The molecule has 8 nitrogen and oxygen atoms in total. The lowest BCUT2D eigenvalue weighted by Crippen LogP contribution is -2.24. The number of anilines is 1. The Morgan fingerprint density at radius 2 is 1.88 bits per heavy atom. The molecule has 0 saturated carbocycles. The fourth-order valence-corrected chi connectivity index (χ4v) is 8.51. The Morgan fingerprint density at radius 1 is 1.00 bits per heavy atom. The zero-order valence-corrected chi connectivity index (χ0v) is 33.8. The molecule has 5 atom stereocenters. The number of ketones is 1. The third kappa shape index (κ3) is 9.89. The Bertz CT molecular complexity index is 2280. The van der Waals surface area contributed by atoms with Gasteiger partial charge in [0.2, 0.25) is 0 Å². The van der Waals surface area contributed by atoms with Gasteiger partial charge in [-0.1, -0.05) is 67.8 Å². The van der Waals surface area contributed by atoms with Crippen LogP contribution in [-0.2, 0) is 35.4 Å². The van der Waals surface area contributed by atoms with Crippen molar-refractivity contribution in [3.8, 4) is 29.3 Å². The number of hydrogen-bond donors (Lipinski definition) is 4. The highest BCUT2D eigenvalue weighted by molar-refractivity contribution is 6.00. The SMILES string of the molecule is COc1ccc2cc1OCc1ccc3c(c(O)cc4c3c1C=CC4C)CC#COC(CC1C=C(O)C=CC1CCCCc1cccc(NCC(C)O)c1)CC(=O)CC2. The number of fused-ring (bicyclic) bond motifs is 9. The first-order chi connectivity index (χ1) is 28.1. The van der Waals surface area contributed by atoms with Gasteiger partial charge < -0.3 is 34.8 Å². The second kappa shape index (κ2) is 18.7. The van der Waals surface area contributed by atoms with Crippen molar-refractivity contribution in [2.75, 3.05) is 19.0 Å². The van der Waals surface area contributed by atoms with Gasteiger partial charge in [-0.05, 0) is 132 Å². The summed E-state index contributed by atoms with van der Waals surface area (Å²) in [6.45, 7) is 4.73. The van der Waals surface area contributed by atoms with Crippen molar-refractivity contribution in [2.45, 2.75) is 96.4 Å². The van der Waals surface area contributed by atoms with Crippen LogP contribution in [0.2, 0.25) is 0 Å². The molecule has 2 aliphatic carbocycles. The van der Waals surface area contributed by atoms with E-state index >= 15 is 0 Å².